The van der Waals surface area contributed by atoms with Crippen molar-refractivity contribution in [3.05, 3.63) is 60.2 Å². The topological polar surface area (TPSA) is 17.1 Å². The van der Waals surface area contributed by atoms with Crippen LogP contribution in [0.5, 0.6) is 0 Å². The Balaban J connectivity index is 2.44. The van der Waals surface area contributed by atoms with Gasteiger partial charge in [0.1, 0.15) is 0 Å². The molecule has 0 unspecified atom stereocenters. The summed E-state index contributed by atoms with van der Waals surface area (Å²) in [5, 5.41) is 0. The first-order valence-corrected chi connectivity index (χ1v) is 6.50. The fourth-order valence-electron chi connectivity index (χ4n) is 2.65. The van der Waals surface area contributed by atoms with E-state index >= 15 is 0 Å². The maximum atomic E-state index is 12.0. The molecule has 0 bridgehead atoms. The van der Waals surface area contributed by atoms with Gasteiger partial charge in [-0.05, 0) is 24.0 Å². The molecule has 0 amide bonds. The summed E-state index contributed by atoms with van der Waals surface area (Å²) in [5.74, 6) is 0.631. The SMILES string of the molecule is C=C[C@]1(c2ccccc2)CC(=O)C=C(C(C)C)C1. The van der Waals surface area contributed by atoms with E-state index in [0.717, 1.165) is 6.42 Å². The Morgan fingerprint density at radius 3 is 2.44 bits per heavy atom. The molecule has 0 radical (unpaired) electrons. The minimum Gasteiger partial charge on any atom is -0.295 e. The summed E-state index contributed by atoms with van der Waals surface area (Å²) in [5.41, 5.74) is 2.21. The average Bonchev–Trinajstić information content (AvgIpc) is 2.39. The maximum Gasteiger partial charge on any atom is 0.156 e. The highest BCUT2D eigenvalue weighted by molar-refractivity contribution is 5.93. The van der Waals surface area contributed by atoms with E-state index in [4.69, 9.17) is 0 Å². The predicted octanol–water partition coefficient (Wildman–Crippen LogP) is 4.06. The van der Waals surface area contributed by atoms with Crippen LogP contribution in [0, 0.1) is 5.92 Å². The molecule has 94 valence electrons. The molecule has 1 heteroatoms. The summed E-state index contributed by atoms with van der Waals surface area (Å²) in [4.78, 5) is 12.0. The number of hydrogen-bond donors (Lipinski definition) is 0. The fraction of sp³-hybridized carbons (Fsp3) is 0.353. The number of carbonyl (C=O) groups excluding carboxylic acids is 1. The number of allylic oxidation sites excluding steroid dienone is 3. The molecule has 1 aromatic rings. The summed E-state index contributed by atoms with van der Waals surface area (Å²) in [6.45, 7) is 8.27. The lowest BCUT2D eigenvalue weighted by Gasteiger charge is -2.35. The molecular weight excluding hydrogens is 220 g/mol. The minimum atomic E-state index is -0.216. The second-order valence-electron chi connectivity index (χ2n) is 5.42. The molecule has 0 saturated carbocycles. The van der Waals surface area contributed by atoms with E-state index in [1.807, 2.05) is 30.4 Å². The molecule has 0 spiro atoms. The zero-order valence-electron chi connectivity index (χ0n) is 11.1. The Morgan fingerprint density at radius 1 is 1.22 bits per heavy atom. The second kappa shape index (κ2) is 4.93. The number of carbonyl (C=O) groups is 1. The van der Waals surface area contributed by atoms with Gasteiger partial charge in [0.25, 0.3) is 0 Å². The van der Waals surface area contributed by atoms with Crippen molar-refractivity contribution in [1.82, 2.24) is 0 Å². The molecule has 1 atom stereocenters. The normalized spacial score (nSPS) is 23.9. The van der Waals surface area contributed by atoms with Gasteiger partial charge in [0, 0.05) is 11.8 Å². The zero-order valence-corrected chi connectivity index (χ0v) is 11.1. The number of rotatable bonds is 3. The predicted molar refractivity (Wildman–Crippen MR) is 75.5 cm³/mol. The van der Waals surface area contributed by atoms with Crippen LogP contribution in [0.3, 0.4) is 0 Å². The zero-order chi connectivity index (χ0) is 13.2. The molecule has 18 heavy (non-hydrogen) atoms. The first-order chi connectivity index (χ1) is 8.57. The lowest BCUT2D eigenvalue weighted by molar-refractivity contribution is -0.116. The highest BCUT2D eigenvalue weighted by atomic mass is 16.1. The quantitative estimate of drug-likeness (QED) is 0.728. The van der Waals surface area contributed by atoms with Crippen LogP contribution in [0.1, 0.15) is 32.3 Å². The lowest BCUT2D eigenvalue weighted by Crippen LogP contribution is -2.31. The Kier molecular flexibility index (Phi) is 3.51. The smallest absolute Gasteiger partial charge is 0.156 e. The molecule has 1 nitrogen and oxygen atoms in total. The number of ketones is 1. The Labute approximate surface area is 109 Å². The van der Waals surface area contributed by atoms with E-state index in [1.54, 1.807) is 0 Å². The first kappa shape index (κ1) is 12.8. The van der Waals surface area contributed by atoms with Crippen LogP contribution in [-0.2, 0) is 10.2 Å². The molecule has 0 fully saturated rings. The molecular formula is C17H20O. The third-order valence-corrected chi connectivity index (χ3v) is 3.84. The molecule has 1 aromatic carbocycles. The van der Waals surface area contributed by atoms with Crippen molar-refractivity contribution in [1.29, 1.82) is 0 Å². The first-order valence-electron chi connectivity index (χ1n) is 6.50. The van der Waals surface area contributed by atoms with Gasteiger partial charge in [-0.2, -0.15) is 0 Å². The fourth-order valence-corrected chi connectivity index (χ4v) is 2.65. The third-order valence-electron chi connectivity index (χ3n) is 3.84. The summed E-state index contributed by atoms with van der Waals surface area (Å²) >= 11 is 0. The third kappa shape index (κ3) is 2.31. The van der Waals surface area contributed by atoms with E-state index in [1.165, 1.54) is 11.1 Å². The highest BCUT2D eigenvalue weighted by Gasteiger charge is 2.35. The van der Waals surface area contributed by atoms with Crippen molar-refractivity contribution >= 4 is 5.78 Å². The Hall–Kier alpha value is -1.63. The number of hydrogen-bond acceptors (Lipinski definition) is 1. The van der Waals surface area contributed by atoms with E-state index < -0.39 is 0 Å². The van der Waals surface area contributed by atoms with Crippen molar-refractivity contribution in [2.75, 3.05) is 0 Å². The average molecular weight is 240 g/mol. The monoisotopic (exact) mass is 240 g/mol. The van der Waals surface area contributed by atoms with Crippen molar-refractivity contribution in [2.45, 2.75) is 32.1 Å². The van der Waals surface area contributed by atoms with Gasteiger partial charge in [-0.1, -0.05) is 55.8 Å². The van der Waals surface area contributed by atoms with Crippen molar-refractivity contribution in [2.24, 2.45) is 5.92 Å². The lowest BCUT2D eigenvalue weighted by atomic mass is 9.67. The van der Waals surface area contributed by atoms with E-state index in [-0.39, 0.29) is 11.2 Å². The largest absolute Gasteiger partial charge is 0.295 e. The van der Waals surface area contributed by atoms with Crippen molar-refractivity contribution < 1.29 is 4.79 Å². The summed E-state index contributed by atoms with van der Waals surface area (Å²) in [6.07, 6.45) is 5.23. The van der Waals surface area contributed by atoms with Crippen LogP contribution in [0.4, 0.5) is 0 Å². The maximum absolute atomic E-state index is 12.0. The van der Waals surface area contributed by atoms with E-state index in [9.17, 15) is 4.79 Å². The van der Waals surface area contributed by atoms with E-state index in [2.05, 4.69) is 32.6 Å². The van der Waals surface area contributed by atoms with Gasteiger partial charge < -0.3 is 0 Å². The Morgan fingerprint density at radius 2 is 1.89 bits per heavy atom. The molecule has 0 N–H and O–H groups in total. The van der Waals surface area contributed by atoms with Gasteiger partial charge in [0.2, 0.25) is 0 Å². The van der Waals surface area contributed by atoms with Gasteiger partial charge in [0.15, 0.2) is 5.78 Å². The molecule has 0 saturated heterocycles. The molecule has 2 rings (SSSR count). The summed E-state index contributed by atoms with van der Waals surface area (Å²) in [6, 6.07) is 10.2. The van der Waals surface area contributed by atoms with Gasteiger partial charge in [-0.3, -0.25) is 4.79 Å². The van der Waals surface area contributed by atoms with Crippen molar-refractivity contribution in [3.8, 4) is 0 Å². The van der Waals surface area contributed by atoms with Crippen molar-refractivity contribution in [3.63, 3.8) is 0 Å². The second-order valence-corrected chi connectivity index (χ2v) is 5.42. The van der Waals surface area contributed by atoms with Gasteiger partial charge in [0.05, 0.1) is 0 Å². The molecule has 0 aromatic heterocycles. The molecule has 0 aliphatic heterocycles. The van der Waals surface area contributed by atoms with Gasteiger partial charge >= 0.3 is 0 Å². The van der Waals surface area contributed by atoms with Crippen LogP contribution >= 0.6 is 0 Å². The Bertz CT molecular complexity index is 482. The summed E-state index contributed by atoms with van der Waals surface area (Å²) < 4.78 is 0. The molecule has 1 aliphatic rings. The molecule has 0 heterocycles. The van der Waals surface area contributed by atoms with Gasteiger partial charge in [-0.25, -0.2) is 0 Å². The van der Waals surface area contributed by atoms with Gasteiger partial charge in [-0.15, -0.1) is 6.58 Å². The van der Waals surface area contributed by atoms with E-state index in [0.29, 0.717) is 12.3 Å². The summed E-state index contributed by atoms with van der Waals surface area (Å²) in [7, 11) is 0. The highest BCUT2D eigenvalue weighted by Crippen LogP contribution is 2.41. The van der Waals surface area contributed by atoms with Crippen LogP contribution < -0.4 is 0 Å². The van der Waals surface area contributed by atoms with Crippen LogP contribution in [0.25, 0.3) is 0 Å². The minimum absolute atomic E-state index is 0.216. The molecule has 1 aliphatic carbocycles. The van der Waals surface area contributed by atoms with Crippen LogP contribution in [-0.4, -0.2) is 5.78 Å². The standard InChI is InChI=1S/C17H20O/c1-4-17(15-8-6-5-7-9-15)11-14(13(2)3)10-16(18)12-17/h4-10,13H,1,11-12H2,2-3H3/t17-/m1/s1. The number of benzene rings is 1. The van der Waals surface area contributed by atoms with Crippen LogP contribution in [0.2, 0.25) is 0 Å². The van der Waals surface area contributed by atoms with Crippen LogP contribution in [0.15, 0.2) is 54.6 Å².